The Bertz CT molecular complexity index is 187. The average molecular weight is 225 g/mol. The minimum Gasteiger partial charge on any atom is -0.378 e. The van der Waals surface area contributed by atoms with E-state index >= 15 is 0 Å². The number of nitrogens with one attached hydrogen (secondary N) is 1. The van der Waals surface area contributed by atoms with Crippen molar-refractivity contribution in [1.82, 2.24) is 5.32 Å². The average Bonchev–Trinajstić information content (AvgIpc) is 3.08. The number of hydrogen-bond donors (Lipinski definition) is 1. The summed E-state index contributed by atoms with van der Waals surface area (Å²) in [5.41, 5.74) is 0. The second-order valence-electron chi connectivity index (χ2n) is 5.87. The third-order valence-electron chi connectivity index (χ3n) is 3.96. The molecule has 0 heterocycles. The van der Waals surface area contributed by atoms with E-state index in [0.29, 0.717) is 6.10 Å². The van der Waals surface area contributed by atoms with Gasteiger partial charge in [-0.1, -0.05) is 12.8 Å². The molecular weight excluding hydrogens is 198 g/mol. The van der Waals surface area contributed by atoms with E-state index in [1.807, 2.05) is 0 Å². The van der Waals surface area contributed by atoms with Crippen LogP contribution in [0.15, 0.2) is 0 Å². The fourth-order valence-electron chi connectivity index (χ4n) is 2.69. The van der Waals surface area contributed by atoms with Crippen molar-refractivity contribution in [3.8, 4) is 0 Å². The molecule has 2 saturated carbocycles. The molecule has 0 amide bonds. The largest absolute Gasteiger partial charge is 0.378 e. The second-order valence-corrected chi connectivity index (χ2v) is 5.87. The highest BCUT2D eigenvalue weighted by Crippen LogP contribution is 2.31. The standard InChI is InChI=1S/C14H27NO/c1-11(2)16-10-13-6-4-3-5-12(13)9-15-14-7-8-14/h11-15H,3-10H2,1-2H3. The van der Waals surface area contributed by atoms with E-state index in [-0.39, 0.29) is 0 Å². The summed E-state index contributed by atoms with van der Waals surface area (Å²) in [5, 5.41) is 3.69. The molecule has 2 aliphatic rings. The first-order valence-corrected chi connectivity index (χ1v) is 7.10. The fraction of sp³-hybridized carbons (Fsp3) is 1.00. The molecule has 2 unspecified atom stereocenters. The van der Waals surface area contributed by atoms with E-state index in [2.05, 4.69) is 19.2 Å². The van der Waals surface area contributed by atoms with Gasteiger partial charge in [0, 0.05) is 6.04 Å². The maximum absolute atomic E-state index is 5.81. The molecule has 0 radical (unpaired) electrons. The Balaban J connectivity index is 1.71. The van der Waals surface area contributed by atoms with Gasteiger partial charge in [0.1, 0.15) is 0 Å². The van der Waals surface area contributed by atoms with Crippen LogP contribution in [-0.2, 0) is 4.74 Å². The van der Waals surface area contributed by atoms with E-state index < -0.39 is 0 Å². The Morgan fingerprint density at radius 1 is 1.06 bits per heavy atom. The van der Waals surface area contributed by atoms with E-state index in [9.17, 15) is 0 Å². The molecule has 2 rings (SSSR count). The molecule has 16 heavy (non-hydrogen) atoms. The minimum absolute atomic E-state index is 0.388. The van der Waals surface area contributed by atoms with Crippen molar-refractivity contribution in [2.24, 2.45) is 11.8 Å². The Labute approximate surface area is 100 Å². The molecule has 2 nitrogen and oxygen atoms in total. The molecule has 0 aromatic heterocycles. The van der Waals surface area contributed by atoms with Crippen molar-refractivity contribution in [3.05, 3.63) is 0 Å². The molecular formula is C14H27NO. The first kappa shape index (κ1) is 12.4. The fourth-order valence-corrected chi connectivity index (χ4v) is 2.69. The monoisotopic (exact) mass is 225 g/mol. The van der Waals surface area contributed by atoms with Gasteiger partial charge in [0.2, 0.25) is 0 Å². The van der Waals surface area contributed by atoms with Crippen LogP contribution in [0.25, 0.3) is 0 Å². The summed E-state index contributed by atoms with van der Waals surface area (Å²) in [6, 6.07) is 0.855. The van der Waals surface area contributed by atoms with Crippen LogP contribution >= 0.6 is 0 Å². The lowest BCUT2D eigenvalue weighted by molar-refractivity contribution is 0.0222. The SMILES string of the molecule is CC(C)OCC1CCCCC1CNC1CC1. The summed E-state index contributed by atoms with van der Waals surface area (Å²) in [4.78, 5) is 0. The van der Waals surface area contributed by atoms with Gasteiger partial charge in [-0.2, -0.15) is 0 Å². The van der Waals surface area contributed by atoms with E-state index in [4.69, 9.17) is 4.74 Å². The normalized spacial score (nSPS) is 30.9. The number of rotatable bonds is 6. The van der Waals surface area contributed by atoms with Gasteiger partial charge < -0.3 is 10.1 Å². The summed E-state index contributed by atoms with van der Waals surface area (Å²) < 4.78 is 5.81. The molecule has 0 spiro atoms. The number of ether oxygens (including phenoxy) is 1. The Morgan fingerprint density at radius 2 is 1.75 bits per heavy atom. The predicted molar refractivity (Wildman–Crippen MR) is 67.6 cm³/mol. The Kier molecular flexibility index (Phi) is 4.66. The quantitative estimate of drug-likeness (QED) is 0.750. The van der Waals surface area contributed by atoms with Crippen LogP contribution in [0.2, 0.25) is 0 Å². The van der Waals surface area contributed by atoms with Gasteiger partial charge in [-0.15, -0.1) is 0 Å². The maximum Gasteiger partial charge on any atom is 0.0519 e. The van der Waals surface area contributed by atoms with Gasteiger partial charge in [0.15, 0.2) is 0 Å². The van der Waals surface area contributed by atoms with Crippen molar-refractivity contribution < 1.29 is 4.74 Å². The first-order chi connectivity index (χ1) is 7.75. The van der Waals surface area contributed by atoms with Crippen molar-refractivity contribution in [2.75, 3.05) is 13.2 Å². The first-order valence-electron chi connectivity index (χ1n) is 7.10. The van der Waals surface area contributed by atoms with Crippen LogP contribution < -0.4 is 5.32 Å². The lowest BCUT2D eigenvalue weighted by Crippen LogP contribution is -2.34. The van der Waals surface area contributed by atoms with Crippen molar-refractivity contribution in [3.63, 3.8) is 0 Å². The van der Waals surface area contributed by atoms with Gasteiger partial charge in [0.05, 0.1) is 12.7 Å². The molecule has 0 bridgehead atoms. The summed E-state index contributed by atoms with van der Waals surface area (Å²) in [5.74, 6) is 1.68. The van der Waals surface area contributed by atoms with Crippen LogP contribution in [-0.4, -0.2) is 25.3 Å². The highest BCUT2D eigenvalue weighted by Gasteiger charge is 2.28. The smallest absolute Gasteiger partial charge is 0.0519 e. The second kappa shape index (κ2) is 6.02. The van der Waals surface area contributed by atoms with E-state index in [0.717, 1.165) is 24.5 Å². The topological polar surface area (TPSA) is 21.3 Å². The van der Waals surface area contributed by atoms with Crippen molar-refractivity contribution in [1.29, 1.82) is 0 Å². The zero-order valence-corrected chi connectivity index (χ0v) is 10.9. The summed E-state index contributed by atoms with van der Waals surface area (Å²) in [6.07, 6.45) is 8.82. The molecule has 2 heteroatoms. The Morgan fingerprint density at radius 3 is 2.38 bits per heavy atom. The molecule has 1 N–H and O–H groups in total. The van der Waals surface area contributed by atoms with Crippen LogP contribution in [0, 0.1) is 11.8 Å². The third kappa shape index (κ3) is 4.06. The van der Waals surface area contributed by atoms with Crippen LogP contribution in [0.3, 0.4) is 0 Å². The van der Waals surface area contributed by atoms with Gasteiger partial charge in [0.25, 0.3) is 0 Å². The highest BCUT2D eigenvalue weighted by atomic mass is 16.5. The Hall–Kier alpha value is -0.0800. The van der Waals surface area contributed by atoms with Crippen molar-refractivity contribution >= 4 is 0 Å². The zero-order valence-electron chi connectivity index (χ0n) is 10.9. The molecule has 2 aliphatic carbocycles. The van der Waals surface area contributed by atoms with Crippen molar-refractivity contribution in [2.45, 2.75) is 64.5 Å². The van der Waals surface area contributed by atoms with Crippen LogP contribution in [0.5, 0.6) is 0 Å². The van der Waals surface area contributed by atoms with Gasteiger partial charge in [-0.25, -0.2) is 0 Å². The molecule has 2 fully saturated rings. The molecule has 0 aromatic rings. The molecule has 0 aromatic carbocycles. The van der Waals surface area contributed by atoms with Gasteiger partial charge in [-0.05, 0) is 57.9 Å². The minimum atomic E-state index is 0.388. The number of hydrogen-bond acceptors (Lipinski definition) is 2. The van der Waals surface area contributed by atoms with Crippen LogP contribution in [0.1, 0.15) is 52.4 Å². The van der Waals surface area contributed by atoms with E-state index in [1.54, 1.807) is 0 Å². The highest BCUT2D eigenvalue weighted by molar-refractivity contribution is 4.84. The maximum atomic E-state index is 5.81. The van der Waals surface area contributed by atoms with Gasteiger partial charge >= 0.3 is 0 Å². The molecule has 0 aliphatic heterocycles. The molecule has 2 atom stereocenters. The lowest BCUT2D eigenvalue weighted by Gasteiger charge is -2.32. The van der Waals surface area contributed by atoms with E-state index in [1.165, 1.54) is 45.1 Å². The summed E-state index contributed by atoms with van der Waals surface area (Å²) in [6.45, 7) is 6.49. The summed E-state index contributed by atoms with van der Waals surface area (Å²) >= 11 is 0. The zero-order chi connectivity index (χ0) is 11.4. The molecule has 94 valence electrons. The van der Waals surface area contributed by atoms with Crippen LogP contribution in [0.4, 0.5) is 0 Å². The molecule has 0 saturated heterocycles. The lowest BCUT2D eigenvalue weighted by atomic mass is 9.79. The summed E-state index contributed by atoms with van der Waals surface area (Å²) in [7, 11) is 0. The predicted octanol–water partition coefficient (Wildman–Crippen LogP) is 2.97. The third-order valence-corrected chi connectivity index (χ3v) is 3.96. The van der Waals surface area contributed by atoms with Gasteiger partial charge in [-0.3, -0.25) is 0 Å².